The van der Waals surface area contributed by atoms with E-state index < -0.39 is 23.7 Å². The van der Waals surface area contributed by atoms with Crippen LogP contribution in [0.2, 0.25) is 5.28 Å². The summed E-state index contributed by atoms with van der Waals surface area (Å²) >= 11 is 6.32. The number of aromatic nitrogens is 4. The number of anilines is 1. The first-order valence-corrected chi connectivity index (χ1v) is 11.8. The van der Waals surface area contributed by atoms with Crippen LogP contribution >= 0.6 is 11.6 Å². The molecule has 4 saturated carbocycles. The highest BCUT2D eigenvalue weighted by Gasteiger charge is 2.74. The van der Waals surface area contributed by atoms with Gasteiger partial charge in [0.1, 0.15) is 11.9 Å². The summed E-state index contributed by atoms with van der Waals surface area (Å²) in [5.41, 5.74) is 0.305. The zero-order valence-corrected chi connectivity index (χ0v) is 18.3. The molecule has 2 aromatic rings. The molecule has 5 atom stereocenters. The van der Waals surface area contributed by atoms with Crippen molar-refractivity contribution in [3.05, 3.63) is 11.6 Å². The SMILES string of the molecule is CC(=O)[C@@]12C[C@@H]1[C@@H](n1cnc3c(NC(C4CCC4)C4CCC4)nc(Cl)nc31)[C@@H](O)C2O. The van der Waals surface area contributed by atoms with Crippen LogP contribution in [-0.2, 0) is 4.79 Å². The Balaban J connectivity index is 1.37. The molecule has 0 amide bonds. The van der Waals surface area contributed by atoms with Crippen LogP contribution in [0.15, 0.2) is 6.33 Å². The molecule has 0 aliphatic heterocycles. The average molecular weight is 446 g/mol. The smallest absolute Gasteiger partial charge is 0.226 e. The lowest BCUT2D eigenvalue weighted by atomic mass is 9.68. The second-order valence-electron chi connectivity index (χ2n) is 10.1. The van der Waals surface area contributed by atoms with E-state index in [0.717, 1.165) is 0 Å². The first-order valence-electron chi connectivity index (χ1n) is 11.5. The summed E-state index contributed by atoms with van der Waals surface area (Å²) in [6, 6.07) is -0.0914. The van der Waals surface area contributed by atoms with E-state index >= 15 is 0 Å². The number of fused-ring (bicyclic) bond motifs is 2. The van der Waals surface area contributed by atoms with Crippen molar-refractivity contribution in [3.63, 3.8) is 0 Å². The van der Waals surface area contributed by atoms with E-state index in [-0.39, 0.29) is 17.0 Å². The molecule has 0 saturated heterocycles. The summed E-state index contributed by atoms with van der Waals surface area (Å²) in [6.45, 7) is 1.49. The molecule has 8 nitrogen and oxygen atoms in total. The molecule has 1 unspecified atom stereocenters. The van der Waals surface area contributed by atoms with Crippen LogP contribution in [-0.4, -0.2) is 53.8 Å². The van der Waals surface area contributed by atoms with E-state index in [1.54, 1.807) is 10.9 Å². The van der Waals surface area contributed by atoms with Crippen LogP contribution < -0.4 is 5.32 Å². The molecule has 3 N–H and O–H groups in total. The predicted octanol–water partition coefficient (Wildman–Crippen LogP) is 2.73. The van der Waals surface area contributed by atoms with E-state index in [0.29, 0.717) is 41.3 Å². The molecule has 166 valence electrons. The molecule has 2 heterocycles. The van der Waals surface area contributed by atoms with E-state index in [9.17, 15) is 15.0 Å². The number of aliphatic hydroxyl groups is 2. The van der Waals surface area contributed by atoms with Gasteiger partial charge < -0.3 is 20.1 Å². The van der Waals surface area contributed by atoms with Crippen molar-refractivity contribution in [1.29, 1.82) is 0 Å². The summed E-state index contributed by atoms with van der Waals surface area (Å²) in [6.07, 6.45) is 7.61. The Morgan fingerprint density at radius 1 is 1.23 bits per heavy atom. The van der Waals surface area contributed by atoms with E-state index in [4.69, 9.17) is 11.6 Å². The minimum Gasteiger partial charge on any atom is -0.389 e. The third kappa shape index (κ3) is 2.74. The summed E-state index contributed by atoms with van der Waals surface area (Å²) in [7, 11) is 0. The lowest BCUT2D eigenvalue weighted by Crippen LogP contribution is -2.42. The van der Waals surface area contributed by atoms with Gasteiger partial charge in [0.05, 0.1) is 23.9 Å². The maximum Gasteiger partial charge on any atom is 0.226 e. The van der Waals surface area contributed by atoms with Gasteiger partial charge in [-0.25, -0.2) is 4.98 Å². The van der Waals surface area contributed by atoms with E-state index in [1.165, 1.54) is 45.4 Å². The van der Waals surface area contributed by atoms with Gasteiger partial charge in [-0.1, -0.05) is 12.8 Å². The summed E-state index contributed by atoms with van der Waals surface area (Å²) in [5.74, 6) is 1.75. The lowest BCUT2D eigenvalue weighted by Gasteiger charge is -2.43. The highest BCUT2D eigenvalue weighted by molar-refractivity contribution is 6.28. The zero-order valence-electron chi connectivity index (χ0n) is 17.5. The molecule has 2 aromatic heterocycles. The number of imidazole rings is 1. The lowest BCUT2D eigenvalue weighted by molar-refractivity contribution is -0.128. The molecule has 4 fully saturated rings. The van der Waals surface area contributed by atoms with Crippen LogP contribution in [0.3, 0.4) is 0 Å². The van der Waals surface area contributed by atoms with Crippen LogP contribution in [0.5, 0.6) is 0 Å². The number of carbonyl (C=O) groups excluding carboxylic acids is 1. The number of aliphatic hydroxyl groups excluding tert-OH is 2. The normalized spacial score (nSPS) is 35.1. The second-order valence-corrected chi connectivity index (χ2v) is 10.4. The Kier molecular flexibility index (Phi) is 4.40. The van der Waals surface area contributed by atoms with Gasteiger partial charge in [-0.2, -0.15) is 9.97 Å². The Morgan fingerprint density at radius 3 is 2.45 bits per heavy atom. The van der Waals surface area contributed by atoms with Gasteiger partial charge in [-0.15, -0.1) is 0 Å². The standard InChI is InChI=1S/C22H28ClN5O3/c1-10(29)22-8-13(22)16(17(30)18(22)31)28-9-24-15-19(26-21(23)27-20(15)28)25-14(11-4-2-5-11)12-6-3-7-12/h9,11-14,16-18,30-31H,2-8H2,1H3,(H,25,26,27)/t13-,16-,17-,18?,22+/m1/s1. The number of hydrogen-bond acceptors (Lipinski definition) is 7. The minimum atomic E-state index is -1.08. The van der Waals surface area contributed by atoms with Gasteiger partial charge in [0.25, 0.3) is 0 Å². The topological polar surface area (TPSA) is 113 Å². The van der Waals surface area contributed by atoms with Gasteiger partial charge in [0, 0.05) is 6.04 Å². The van der Waals surface area contributed by atoms with Gasteiger partial charge in [0.15, 0.2) is 17.0 Å². The Bertz CT molecular complexity index is 1040. The first-order chi connectivity index (χ1) is 14.9. The largest absolute Gasteiger partial charge is 0.389 e. The van der Waals surface area contributed by atoms with E-state index in [2.05, 4.69) is 20.3 Å². The van der Waals surface area contributed by atoms with Crippen molar-refractivity contribution in [3.8, 4) is 0 Å². The van der Waals surface area contributed by atoms with Crippen LogP contribution in [0.25, 0.3) is 11.2 Å². The van der Waals surface area contributed by atoms with Crippen LogP contribution in [0.4, 0.5) is 5.82 Å². The molecule has 6 rings (SSSR count). The highest BCUT2D eigenvalue weighted by atomic mass is 35.5. The minimum absolute atomic E-state index is 0.0742. The van der Waals surface area contributed by atoms with Gasteiger partial charge in [-0.3, -0.25) is 4.79 Å². The quantitative estimate of drug-likeness (QED) is 0.586. The average Bonchev–Trinajstić information content (AvgIpc) is 3.18. The molecule has 0 spiro atoms. The van der Waals surface area contributed by atoms with Crippen LogP contribution in [0, 0.1) is 23.2 Å². The summed E-state index contributed by atoms with van der Waals surface area (Å²) < 4.78 is 1.78. The number of hydrogen-bond donors (Lipinski definition) is 3. The number of Topliss-reactive ketones (excluding diaryl/α,β-unsaturated/α-hetero) is 1. The van der Waals surface area contributed by atoms with Crippen molar-refractivity contribution in [1.82, 2.24) is 19.5 Å². The molecule has 0 bridgehead atoms. The first kappa shape index (κ1) is 19.9. The Morgan fingerprint density at radius 2 is 1.90 bits per heavy atom. The zero-order chi connectivity index (χ0) is 21.5. The molecule has 31 heavy (non-hydrogen) atoms. The van der Waals surface area contributed by atoms with Crippen molar-refractivity contribution < 1.29 is 15.0 Å². The maximum atomic E-state index is 12.2. The summed E-state index contributed by atoms with van der Waals surface area (Å²) in [4.78, 5) is 25.7. The Hall–Kier alpha value is -1.77. The highest BCUT2D eigenvalue weighted by Crippen LogP contribution is 2.68. The van der Waals surface area contributed by atoms with Gasteiger partial charge >= 0.3 is 0 Å². The molecule has 4 aliphatic rings. The fourth-order valence-corrected chi connectivity index (χ4v) is 6.52. The number of halogens is 1. The van der Waals surface area contributed by atoms with Crippen molar-refractivity contribution in [2.24, 2.45) is 23.2 Å². The fourth-order valence-electron chi connectivity index (χ4n) is 6.36. The molecule has 0 radical (unpaired) electrons. The number of carbonyl (C=O) groups is 1. The molecular formula is C22H28ClN5O3. The maximum absolute atomic E-state index is 12.2. The number of nitrogens with zero attached hydrogens (tertiary/aromatic N) is 4. The van der Waals surface area contributed by atoms with Gasteiger partial charge in [-0.05, 0) is 68.4 Å². The predicted molar refractivity (Wildman–Crippen MR) is 115 cm³/mol. The molecule has 0 aromatic carbocycles. The molecule has 9 heteroatoms. The summed E-state index contributed by atoms with van der Waals surface area (Å²) in [5, 5.41) is 25.2. The Labute approximate surface area is 185 Å². The molecular weight excluding hydrogens is 418 g/mol. The number of ketones is 1. The second kappa shape index (κ2) is 6.86. The van der Waals surface area contributed by atoms with Gasteiger partial charge in [0.2, 0.25) is 5.28 Å². The number of rotatable bonds is 6. The monoisotopic (exact) mass is 445 g/mol. The van der Waals surface area contributed by atoms with Crippen molar-refractivity contribution >= 4 is 34.4 Å². The third-order valence-corrected chi connectivity index (χ3v) is 8.83. The fraction of sp³-hybridized carbons (Fsp3) is 0.727. The van der Waals surface area contributed by atoms with Crippen LogP contribution in [0.1, 0.15) is 57.9 Å². The number of nitrogens with one attached hydrogen (secondary N) is 1. The molecule has 4 aliphatic carbocycles. The third-order valence-electron chi connectivity index (χ3n) is 8.66. The van der Waals surface area contributed by atoms with E-state index in [1.807, 2.05) is 0 Å². The van der Waals surface area contributed by atoms with Crippen molar-refractivity contribution in [2.45, 2.75) is 76.2 Å². The van der Waals surface area contributed by atoms with Crippen molar-refractivity contribution in [2.75, 3.05) is 5.32 Å².